The van der Waals surface area contributed by atoms with Gasteiger partial charge in [0.2, 0.25) is 0 Å². The van der Waals surface area contributed by atoms with Crippen molar-refractivity contribution in [2.75, 3.05) is 12.4 Å². The van der Waals surface area contributed by atoms with Crippen molar-refractivity contribution in [2.24, 2.45) is 0 Å². The van der Waals surface area contributed by atoms with E-state index in [0.29, 0.717) is 5.69 Å². The Morgan fingerprint density at radius 2 is 2.00 bits per heavy atom. The first kappa shape index (κ1) is 13.8. The van der Waals surface area contributed by atoms with Crippen molar-refractivity contribution in [3.63, 3.8) is 0 Å². The van der Waals surface area contributed by atoms with Gasteiger partial charge in [0.05, 0.1) is 11.0 Å². The molecule has 0 saturated heterocycles. The monoisotopic (exact) mass is 276 g/mol. The summed E-state index contributed by atoms with van der Waals surface area (Å²) >= 11 is 0. The molecule has 104 valence electrons. The third kappa shape index (κ3) is 3.03. The lowest BCUT2D eigenvalue weighted by atomic mass is 10.2. The minimum absolute atomic E-state index is 0.0348. The largest absolute Gasteiger partial charge is 0.454 e. The summed E-state index contributed by atoms with van der Waals surface area (Å²) in [6.07, 6.45) is 0. The van der Waals surface area contributed by atoms with Crippen LogP contribution in [0.15, 0.2) is 36.4 Å². The summed E-state index contributed by atoms with van der Waals surface area (Å²) in [6.45, 7) is 1.80. The Morgan fingerprint density at radius 1 is 1.25 bits per heavy atom. The first-order valence-electron chi connectivity index (χ1n) is 5.91. The Hall–Kier alpha value is -2.63. The molecule has 0 radical (unpaired) electrons. The van der Waals surface area contributed by atoms with Gasteiger partial charge in [-0.25, -0.2) is 4.39 Å². The first-order chi connectivity index (χ1) is 9.49. The number of nitrogens with one attached hydrogen (secondary N) is 1. The molecule has 0 spiro atoms. The van der Waals surface area contributed by atoms with Crippen LogP contribution in [0.3, 0.4) is 0 Å². The quantitative estimate of drug-likeness (QED) is 0.680. The highest BCUT2D eigenvalue weighted by Gasteiger charge is 2.12. The first-order valence-corrected chi connectivity index (χ1v) is 5.91. The van der Waals surface area contributed by atoms with Crippen LogP contribution in [0.2, 0.25) is 0 Å². The fraction of sp³-hybridized carbons (Fsp3) is 0.143. The summed E-state index contributed by atoms with van der Waals surface area (Å²) in [4.78, 5) is 10.3. The highest BCUT2D eigenvalue weighted by Crippen LogP contribution is 2.31. The number of hydrogen-bond donors (Lipinski definition) is 1. The number of benzene rings is 2. The minimum Gasteiger partial charge on any atom is -0.454 e. The van der Waals surface area contributed by atoms with Gasteiger partial charge in [0.1, 0.15) is 5.75 Å². The van der Waals surface area contributed by atoms with Crippen molar-refractivity contribution >= 4 is 11.4 Å². The van der Waals surface area contributed by atoms with E-state index in [4.69, 9.17) is 4.74 Å². The van der Waals surface area contributed by atoms with Gasteiger partial charge in [-0.15, -0.1) is 0 Å². The predicted molar refractivity (Wildman–Crippen MR) is 73.9 cm³/mol. The lowest BCUT2D eigenvalue weighted by molar-refractivity contribution is -0.384. The zero-order valence-corrected chi connectivity index (χ0v) is 11.0. The smallest absolute Gasteiger partial charge is 0.275 e. The van der Waals surface area contributed by atoms with Crippen LogP contribution >= 0.6 is 0 Å². The van der Waals surface area contributed by atoms with Crippen molar-refractivity contribution in [3.8, 4) is 11.5 Å². The maximum absolute atomic E-state index is 13.6. The Labute approximate surface area is 115 Å². The molecular formula is C14H13FN2O3. The van der Waals surface area contributed by atoms with E-state index in [0.717, 1.165) is 5.56 Å². The molecule has 5 nitrogen and oxygen atoms in total. The van der Waals surface area contributed by atoms with Crippen LogP contribution in [-0.2, 0) is 0 Å². The summed E-state index contributed by atoms with van der Waals surface area (Å²) in [5.74, 6) is -0.284. The van der Waals surface area contributed by atoms with Crippen LogP contribution in [-0.4, -0.2) is 12.0 Å². The normalized spacial score (nSPS) is 10.2. The van der Waals surface area contributed by atoms with Gasteiger partial charge in [-0.2, -0.15) is 0 Å². The molecule has 0 atom stereocenters. The van der Waals surface area contributed by atoms with Crippen molar-refractivity contribution in [1.29, 1.82) is 0 Å². The molecule has 0 heterocycles. The summed E-state index contributed by atoms with van der Waals surface area (Å²) in [7, 11) is 1.64. The van der Waals surface area contributed by atoms with Gasteiger partial charge in [-0.3, -0.25) is 10.1 Å². The second kappa shape index (κ2) is 5.56. The number of nitrogens with zero attached hydrogens (tertiary/aromatic N) is 1. The third-order valence-electron chi connectivity index (χ3n) is 2.71. The van der Waals surface area contributed by atoms with Gasteiger partial charge in [0.15, 0.2) is 11.6 Å². The Kier molecular flexibility index (Phi) is 3.84. The molecular weight excluding hydrogens is 263 g/mol. The molecule has 0 bridgehead atoms. The number of hydrogen-bond acceptors (Lipinski definition) is 4. The van der Waals surface area contributed by atoms with Crippen molar-refractivity contribution in [2.45, 2.75) is 6.92 Å². The maximum atomic E-state index is 13.6. The van der Waals surface area contributed by atoms with E-state index in [1.165, 1.54) is 24.3 Å². The molecule has 0 amide bonds. The SMILES string of the molecule is CNc1cc(Oc2cc(C)ccc2F)cc([N+](=O)[O-])c1. The van der Waals surface area contributed by atoms with Crippen molar-refractivity contribution in [3.05, 3.63) is 57.9 Å². The number of anilines is 1. The van der Waals surface area contributed by atoms with Gasteiger partial charge in [0.25, 0.3) is 5.69 Å². The highest BCUT2D eigenvalue weighted by molar-refractivity contribution is 5.56. The molecule has 0 aliphatic rings. The number of non-ortho nitro benzene ring substituents is 1. The van der Waals surface area contributed by atoms with Gasteiger partial charge in [0, 0.05) is 24.9 Å². The number of aryl methyl sites for hydroxylation is 1. The molecule has 0 aromatic heterocycles. The minimum atomic E-state index is -0.527. The van der Waals surface area contributed by atoms with Crippen molar-refractivity contribution in [1.82, 2.24) is 0 Å². The highest BCUT2D eigenvalue weighted by atomic mass is 19.1. The van der Waals surface area contributed by atoms with E-state index >= 15 is 0 Å². The van der Waals surface area contributed by atoms with E-state index in [2.05, 4.69) is 5.32 Å². The van der Waals surface area contributed by atoms with Gasteiger partial charge in [-0.05, 0) is 24.6 Å². The van der Waals surface area contributed by atoms with Crippen LogP contribution in [0.1, 0.15) is 5.56 Å². The second-order valence-corrected chi connectivity index (χ2v) is 4.26. The third-order valence-corrected chi connectivity index (χ3v) is 2.71. The Balaban J connectivity index is 2.39. The number of halogens is 1. The predicted octanol–water partition coefficient (Wildman–Crippen LogP) is 3.88. The van der Waals surface area contributed by atoms with E-state index in [1.807, 2.05) is 0 Å². The molecule has 1 N–H and O–H groups in total. The fourth-order valence-electron chi connectivity index (χ4n) is 1.71. The van der Waals surface area contributed by atoms with Crippen LogP contribution < -0.4 is 10.1 Å². The van der Waals surface area contributed by atoms with Gasteiger partial charge in [-0.1, -0.05) is 6.07 Å². The molecule has 20 heavy (non-hydrogen) atoms. The van der Waals surface area contributed by atoms with Crippen LogP contribution in [0.25, 0.3) is 0 Å². The standard InChI is InChI=1S/C14H13FN2O3/c1-9-3-4-13(15)14(5-9)20-12-7-10(16-2)6-11(8-12)17(18)19/h3-8,16H,1-2H3. The average molecular weight is 276 g/mol. The van der Waals surface area contributed by atoms with Crippen LogP contribution in [0, 0.1) is 22.9 Å². The van der Waals surface area contributed by atoms with Crippen LogP contribution in [0.5, 0.6) is 11.5 Å². The molecule has 2 aromatic carbocycles. The number of nitro benzene ring substituents is 1. The number of ether oxygens (including phenoxy) is 1. The summed E-state index contributed by atoms with van der Waals surface area (Å²) in [6, 6.07) is 8.64. The zero-order valence-electron chi connectivity index (χ0n) is 11.0. The molecule has 2 aromatic rings. The molecule has 0 unspecified atom stereocenters. The van der Waals surface area contributed by atoms with Gasteiger partial charge >= 0.3 is 0 Å². The van der Waals surface area contributed by atoms with E-state index in [9.17, 15) is 14.5 Å². The molecule has 0 fully saturated rings. The topological polar surface area (TPSA) is 64.4 Å². The van der Waals surface area contributed by atoms with Gasteiger partial charge < -0.3 is 10.1 Å². The number of rotatable bonds is 4. The molecule has 0 aliphatic carbocycles. The lowest BCUT2D eigenvalue weighted by Crippen LogP contribution is -1.95. The zero-order chi connectivity index (χ0) is 14.7. The maximum Gasteiger partial charge on any atom is 0.275 e. The summed E-state index contributed by atoms with van der Waals surface area (Å²) in [5, 5.41) is 13.6. The lowest BCUT2D eigenvalue weighted by Gasteiger charge is -2.09. The van der Waals surface area contributed by atoms with Crippen molar-refractivity contribution < 1.29 is 14.1 Å². The van der Waals surface area contributed by atoms with E-state index < -0.39 is 10.7 Å². The Morgan fingerprint density at radius 3 is 2.65 bits per heavy atom. The summed E-state index contributed by atoms with van der Waals surface area (Å²) in [5.41, 5.74) is 1.22. The molecule has 6 heteroatoms. The average Bonchev–Trinajstić information content (AvgIpc) is 2.42. The fourth-order valence-corrected chi connectivity index (χ4v) is 1.71. The second-order valence-electron chi connectivity index (χ2n) is 4.26. The van der Waals surface area contributed by atoms with E-state index in [-0.39, 0.29) is 17.2 Å². The van der Waals surface area contributed by atoms with Crippen LogP contribution in [0.4, 0.5) is 15.8 Å². The molecule has 0 aliphatic heterocycles. The van der Waals surface area contributed by atoms with E-state index in [1.54, 1.807) is 26.1 Å². The molecule has 0 saturated carbocycles. The Bertz CT molecular complexity index is 659. The summed E-state index contributed by atoms with van der Waals surface area (Å²) < 4.78 is 19.0. The number of nitro groups is 1. The molecule has 2 rings (SSSR count).